The van der Waals surface area contributed by atoms with Crippen LogP contribution in [0.4, 0.5) is 11.4 Å². The summed E-state index contributed by atoms with van der Waals surface area (Å²) in [5, 5.41) is 5.89. The zero-order valence-corrected chi connectivity index (χ0v) is 16.1. The number of sulfonamides is 1. The molecule has 7 nitrogen and oxygen atoms in total. The Morgan fingerprint density at radius 1 is 1.12 bits per heavy atom. The van der Waals surface area contributed by atoms with Crippen LogP contribution in [0.25, 0.3) is 0 Å². The van der Waals surface area contributed by atoms with E-state index in [0.717, 1.165) is 4.31 Å². The SMILES string of the molecule is CCNc1ccc(S(=O)(=O)N(C)C)cc1NC(=O)c1cccc(OC)c1. The van der Waals surface area contributed by atoms with Crippen molar-refractivity contribution in [1.82, 2.24) is 4.31 Å². The van der Waals surface area contributed by atoms with E-state index in [9.17, 15) is 13.2 Å². The Labute approximate surface area is 154 Å². The van der Waals surface area contributed by atoms with Crippen LogP contribution in [0, 0.1) is 0 Å². The number of nitrogens with zero attached hydrogens (tertiary/aromatic N) is 1. The number of hydrogen-bond acceptors (Lipinski definition) is 5. The molecule has 0 radical (unpaired) electrons. The van der Waals surface area contributed by atoms with E-state index in [1.54, 1.807) is 30.3 Å². The van der Waals surface area contributed by atoms with Gasteiger partial charge in [0, 0.05) is 26.2 Å². The Balaban J connectivity index is 2.40. The molecule has 2 N–H and O–H groups in total. The van der Waals surface area contributed by atoms with E-state index in [0.29, 0.717) is 29.2 Å². The molecule has 0 saturated carbocycles. The Bertz CT molecular complexity index is 895. The molecular formula is C18H23N3O4S. The first-order valence-electron chi connectivity index (χ1n) is 8.05. The highest BCUT2D eigenvalue weighted by Gasteiger charge is 2.19. The van der Waals surface area contributed by atoms with E-state index in [-0.39, 0.29) is 10.8 Å². The molecule has 2 rings (SSSR count). The molecule has 0 unspecified atom stereocenters. The minimum atomic E-state index is -3.61. The van der Waals surface area contributed by atoms with Crippen molar-refractivity contribution in [2.75, 3.05) is 38.4 Å². The molecule has 0 bridgehead atoms. The third-order valence-corrected chi connectivity index (χ3v) is 5.53. The fourth-order valence-electron chi connectivity index (χ4n) is 2.30. The average molecular weight is 377 g/mol. The second kappa shape index (κ2) is 8.20. The number of anilines is 2. The van der Waals surface area contributed by atoms with Crippen LogP contribution in [0.1, 0.15) is 17.3 Å². The molecule has 26 heavy (non-hydrogen) atoms. The van der Waals surface area contributed by atoms with Crippen molar-refractivity contribution < 1.29 is 17.9 Å². The molecule has 0 aliphatic carbocycles. The highest BCUT2D eigenvalue weighted by molar-refractivity contribution is 7.89. The predicted octanol–water partition coefficient (Wildman–Crippen LogP) is 2.63. The fourth-order valence-corrected chi connectivity index (χ4v) is 3.23. The zero-order chi connectivity index (χ0) is 19.3. The zero-order valence-electron chi connectivity index (χ0n) is 15.2. The van der Waals surface area contributed by atoms with Gasteiger partial charge in [0.05, 0.1) is 23.4 Å². The summed E-state index contributed by atoms with van der Waals surface area (Å²) in [6.45, 7) is 2.54. The van der Waals surface area contributed by atoms with Gasteiger partial charge in [-0.15, -0.1) is 0 Å². The van der Waals surface area contributed by atoms with Crippen molar-refractivity contribution in [3.8, 4) is 5.75 Å². The van der Waals surface area contributed by atoms with Crippen molar-refractivity contribution in [2.45, 2.75) is 11.8 Å². The lowest BCUT2D eigenvalue weighted by atomic mass is 10.2. The van der Waals surface area contributed by atoms with Gasteiger partial charge in [-0.05, 0) is 43.3 Å². The van der Waals surface area contributed by atoms with Gasteiger partial charge < -0.3 is 15.4 Å². The van der Waals surface area contributed by atoms with Crippen LogP contribution >= 0.6 is 0 Å². The quantitative estimate of drug-likeness (QED) is 0.774. The molecule has 0 saturated heterocycles. The van der Waals surface area contributed by atoms with E-state index in [4.69, 9.17) is 4.74 Å². The number of amides is 1. The van der Waals surface area contributed by atoms with Gasteiger partial charge in [0.25, 0.3) is 5.91 Å². The maximum atomic E-state index is 12.6. The lowest BCUT2D eigenvalue weighted by Gasteiger charge is -2.16. The standard InChI is InChI=1S/C18H23N3O4S/c1-5-19-16-10-9-15(26(23,24)21(2)3)12-17(16)20-18(22)13-7-6-8-14(11-13)25-4/h6-12,19H,5H2,1-4H3,(H,20,22). The first-order valence-corrected chi connectivity index (χ1v) is 9.49. The number of hydrogen-bond donors (Lipinski definition) is 2. The first-order chi connectivity index (χ1) is 12.3. The highest BCUT2D eigenvalue weighted by Crippen LogP contribution is 2.27. The summed E-state index contributed by atoms with van der Waals surface area (Å²) in [6, 6.07) is 11.3. The molecule has 0 spiro atoms. The van der Waals surface area contributed by atoms with Crippen LogP contribution in [0.3, 0.4) is 0 Å². The van der Waals surface area contributed by atoms with Gasteiger partial charge in [0.15, 0.2) is 0 Å². The van der Waals surface area contributed by atoms with E-state index >= 15 is 0 Å². The normalized spacial score (nSPS) is 11.3. The monoisotopic (exact) mass is 377 g/mol. The van der Waals surface area contributed by atoms with Gasteiger partial charge in [-0.25, -0.2) is 12.7 Å². The Kier molecular flexibility index (Phi) is 6.23. The van der Waals surface area contributed by atoms with Gasteiger partial charge in [-0.2, -0.15) is 0 Å². The smallest absolute Gasteiger partial charge is 0.255 e. The number of rotatable bonds is 7. The molecule has 0 fully saturated rings. The highest BCUT2D eigenvalue weighted by atomic mass is 32.2. The van der Waals surface area contributed by atoms with Crippen LogP contribution in [-0.2, 0) is 10.0 Å². The van der Waals surface area contributed by atoms with Crippen molar-refractivity contribution in [1.29, 1.82) is 0 Å². The summed E-state index contributed by atoms with van der Waals surface area (Å²) in [7, 11) is 0.836. The van der Waals surface area contributed by atoms with E-state index in [1.165, 1.54) is 33.3 Å². The van der Waals surface area contributed by atoms with Crippen molar-refractivity contribution >= 4 is 27.3 Å². The van der Waals surface area contributed by atoms with Crippen LogP contribution in [0.15, 0.2) is 47.4 Å². The minimum Gasteiger partial charge on any atom is -0.497 e. The largest absolute Gasteiger partial charge is 0.497 e. The molecule has 0 aromatic heterocycles. The second-order valence-corrected chi connectivity index (χ2v) is 7.86. The molecule has 0 aliphatic heterocycles. The van der Waals surface area contributed by atoms with Crippen LogP contribution in [0.2, 0.25) is 0 Å². The van der Waals surface area contributed by atoms with E-state index in [2.05, 4.69) is 10.6 Å². The van der Waals surface area contributed by atoms with Crippen LogP contribution in [-0.4, -0.2) is 46.4 Å². The Morgan fingerprint density at radius 3 is 2.46 bits per heavy atom. The van der Waals surface area contributed by atoms with Gasteiger partial charge in [-0.3, -0.25) is 4.79 Å². The second-order valence-electron chi connectivity index (χ2n) is 5.71. The summed E-state index contributed by atoms with van der Waals surface area (Å²) < 4.78 is 31.0. The summed E-state index contributed by atoms with van der Waals surface area (Å²) in [5.41, 5.74) is 1.44. The Morgan fingerprint density at radius 2 is 1.85 bits per heavy atom. The first kappa shape index (κ1) is 19.7. The average Bonchev–Trinajstić information content (AvgIpc) is 2.63. The number of carbonyl (C=O) groups is 1. The number of methoxy groups -OCH3 is 1. The number of nitrogens with one attached hydrogen (secondary N) is 2. The molecule has 140 valence electrons. The summed E-state index contributed by atoms with van der Waals surface area (Å²) >= 11 is 0. The Hall–Kier alpha value is -2.58. The lowest BCUT2D eigenvalue weighted by molar-refractivity contribution is 0.102. The molecular weight excluding hydrogens is 354 g/mol. The van der Waals surface area contributed by atoms with Crippen molar-refractivity contribution in [3.05, 3.63) is 48.0 Å². The molecule has 0 atom stereocenters. The fraction of sp³-hybridized carbons (Fsp3) is 0.278. The van der Waals surface area contributed by atoms with Crippen LogP contribution in [0.5, 0.6) is 5.75 Å². The molecule has 1 amide bonds. The molecule has 0 heterocycles. The third-order valence-electron chi connectivity index (χ3n) is 3.72. The van der Waals surface area contributed by atoms with Gasteiger partial charge in [0.2, 0.25) is 10.0 Å². The van der Waals surface area contributed by atoms with Crippen LogP contribution < -0.4 is 15.4 Å². The topological polar surface area (TPSA) is 87.7 Å². The minimum absolute atomic E-state index is 0.102. The van der Waals surface area contributed by atoms with E-state index < -0.39 is 10.0 Å². The lowest BCUT2D eigenvalue weighted by Crippen LogP contribution is -2.22. The molecule has 0 aliphatic rings. The third kappa shape index (κ3) is 4.33. The summed E-state index contributed by atoms with van der Waals surface area (Å²) in [4.78, 5) is 12.7. The predicted molar refractivity (Wildman–Crippen MR) is 102 cm³/mol. The number of benzene rings is 2. The summed E-state index contributed by atoms with van der Waals surface area (Å²) in [5.74, 6) is 0.205. The molecule has 2 aromatic rings. The van der Waals surface area contributed by atoms with Crippen molar-refractivity contribution in [3.63, 3.8) is 0 Å². The number of carbonyl (C=O) groups excluding carboxylic acids is 1. The maximum Gasteiger partial charge on any atom is 0.255 e. The van der Waals surface area contributed by atoms with Gasteiger partial charge >= 0.3 is 0 Å². The number of ether oxygens (including phenoxy) is 1. The van der Waals surface area contributed by atoms with Gasteiger partial charge in [-0.1, -0.05) is 6.07 Å². The summed E-state index contributed by atoms with van der Waals surface area (Å²) in [6.07, 6.45) is 0. The molecule has 2 aromatic carbocycles. The molecule has 8 heteroatoms. The van der Waals surface area contributed by atoms with Gasteiger partial charge in [0.1, 0.15) is 5.75 Å². The maximum absolute atomic E-state index is 12.6. The van der Waals surface area contributed by atoms with Crippen molar-refractivity contribution in [2.24, 2.45) is 0 Å². The van der Waals surface area contributed by atoms with E-state index in [1.807, 2.05) is 6.92 Å².